The van der Waals surface area contributed by atoms with E-state index < -0.39 is 0 Å². The monoisotopic (exact) mass is 316 g/mol. The number of ether oxygens (including phenoxy) is 1. The number of aromatic nitrogens is 4. The Kier molecular flexibility index (Phi) is 3.82. The summed E-state index contributed by atoms with van der Waals surface area (Å²) in [6, 6.07) is 1.87. The van der Waals surface area contributed by atoms with E-state index in [9.17, 15) is 0 Å². The average molecular weight is 316 g/mol. The fraction of sp³-hybridized carbons (Fsp3) is 0.600. The first-order valence-electron chi connectivity index (χ1n) is 7.97. The highest BCUT2D eigenvalue weighted by molar-refractivity contribution is 5.41. The second-order valence-corrected chi connectivity index (χ2v) is 5.99. The van der Waals surface area contributed by atoms with E-state index in [4.69, 9.17) is 9.15 Å². The van der Waals surface area contributed by atoms with Crippen LogP contribution in [-0.4, -0.2) is 58.4 Å². The summed E-state index contributed by atoms with van der Waals surface area (Å²) in [4.78, 5) is 12.9. The largest absolute Gasteiger partial charge is 0.481 e. The lowest BCUT2D eigenvalue weighted by atomic mass is 10.3. The molecule has 1 aliphatic carbocycles. The van der Waals surface area contributed by atoms with Gasteiger partial charge in [-0.2, -0.15) is 0 Å². The van der Waals surface area contributed by atoms with E-state index in [1.807, 2.05) is 6.07 Å². The molecule has 2 aromatic rings. The number of nitrogens with zero attached hydrogens (tertiary/aromatic N) is 6. The summed E-state index contributed by atoms with van der Waals surface area (Å²) in [5.74, 6) is 3.55. The van der Waals surface area contributed by atoms with Crippen molar-refractivity contribution in [1.82, 2.24) is 25.1 Å². The molecule has 0 bridgehead atoms. The molecule has 1 saturated heterocycles. The van der Waals surface area contributed by atoms with E-state index >= 15 is 0 Å². The van der Waals surface area contributed by atoms with Crippen LogP contribution in [0.25, 0.3) is 0 Å². The molecule has 8 nitrogen and oxygen atoms in total. The number of piperazine rings is 1. The average Bonchev–Trinajstić information content (AvgIpc) is 3.35. The van der Waals surface area contributed by atoms with Gasteiger partial charge in [0.1, 0.15) is 12.1 Å². The first kappa shape index (κ1) is 14.4. The third-order valence-corrected chi connectivity index (χ3v) is 4.30. The normalized spacial score (nSPS) is 19.1. The predicted octanol–water partition coefficient (Wildman–Crippen LogP) is 1.07. The van der Waals surface area contributed by atoms with Gasteiger partial charge in [0, 0.05) is 38.2 Å². The molecule has 0 amide bonds. The first-order chi connectivity index (χ1) is 11.3. The van der Waals surface area contributed by atoms with Crippen LogP contribution in [0.3, 0.4) is 0 Å². The van der Waals surface area contributed by atoms with Crippen LogP contribution in [-0.2, 0) is 6.54 Å². The number of rotatable bonds is 5. The van der Waals surface area contributed by atoms with Crippen molar-refractivity contribution >= 4 is 5.82 Å². The molecule has 2 aliphatic rings. The lowest BCUT2D eigenvalue weighted by molar-refractivity contribution is 0.223. The van der Waals surface area contributed by atoms with Crippen molar-refractivity contribution in [3.8, 4) is 5.88 Å². The van der Waals surface area contributed by atoms with Gasteiger partial charge in [0.05, 0.1) is 13.7 Å². The molecule has 0 atom stereocenters. The van der Waals surface area contributed by atoms with Gasteiger partial charge in [0.25, 0.3) is 0 Å². The Bertz CT molecular complexity index is 663. The number of hydrogen-bond acceptors (Lipinski definition) is 8. The van der Waals surface area contributed by atoms with Crippen molar-refractivity contribution in [2.45, 2.75) is 25.3 Å². The Labute approximate surface area is 134 Å². The van der Waals surface area contributed by atoms with Gasteiger partial charge >= 0.3 is 0 Å². The molecule has 23 heavy (non-hydrogen) atoms. The lowest BCUT2D eigenvalue weighted by Crippen LogP contribution is -2.46. The van der Waals surface area contributed by atoms with Crippen molar-refractivity contribution in [3.05, 3.63) is 24.2 Å². The second kappa shape index (κ2) is 6.11. The van der Waals surface area contributed by atoms with E-state index in [1.165, 1.54) is 12.8 Å². The van der Waals surface area contributed by atoms with Crippen LogP contribution in [0, 0.1) is 0 Å². The zero-order valence-corrected chi connectivity index (χ0v) is 13.2. The number of anilines is 1. The summed E-state index contributed by atoms with van der Waals surface area (Å²) in [6.07, 6.45) is 3.91. The highest BCUT2D eigenvalue weighted by Crippen LogP contribution is 2.39. The van der Waals surface area contributed by atoms with Gasteiger partial charge in [0.15, 0.2) is 0 Å². The molecular weight excluding hydrogens is 296 g/mol. The maximum absolute atomic E-state index is 5.74. The van der Waals surface area contributed by atoms with Crippen LogP contribution < -0.4 is 9.64 Å². The van der Waals surface area contributed by atoms with Crippen LogP contribution in [0.2, 0.25) is 0 Å². The minimum atomic E-state index is 0.515. The first-order valence-corrected chi connectivity index (χ1v) is 7.97. The molecule has 3 heterocycles. The minimum absolute atomic E-state index is 0.515. The third kappa shape index (κ3) is 3.26. The molecule has 4 rings (SSSR count). The van der Waals surface area contributed by atoms with Crippen molar-refractivity contribution < 1.29 is 9.15 Å². The van der Waals surface area contributed by atoms with Crippen LogP contribution in [0.15, 0.2) is 16.8 Å². The number of methoxy groups -OCH3 is 1. The van der Waals surface area contributed by atoms with E-state index in [0.717, 1.165) is 50.3 Å². The molecule has 8 heteroatoms. The summed E-state index contributed by atoms with van der Waals surface area (Å²) in [6.45, 7) is 4.41. The third-order valence-electron chi connectivity index (χ3n) is 4.30. The molecule has 1 saturated carbocycles. The molecule has 0 N–H and O–H groups in total. The summed E-state index contributed by atoms with van der Waals surface area (Å²) < 4.78 is 10.9. The summed E-state index contributed by atoms with van der Waals surface area (Å²) >= 11 is 0. The second-order valence-electron chi connectivity index (χ2n) is 5.99. The smallest absolute Gasteiger partial charge is 0.230 e. The Balaban J connectivity index is 1.32. The zero-order chi connectivity index (χ0) is 15.6. The van der Waals surface area contributed by atoms with E-state index in [0.29, 0.717) is 11.8 Å². The number of hydrogen-bond donors (Lipinski definition) is 0. The van der Waals surface area contributed by atoms with Crippen molar-refractivity contribution in [1.29, 1.82) is 0 Å². The molecule has 0 spiro atoms. The Morgan fingerprint density at radius 2 is 2.00 bits per heavy atom. The van der Waals surface area contributed by atoms with Gasteiger partial charge in [-0.05, 0) is 12.8 Å². The van der Waals surface area contributed by atoms with Crippen LogP contribution in [0.5, 0.6) is 5.88 Å². The summed E-state index contributed by atoms with van der Waals surface area (Å²) in [5.41, 5.74) is 0. The maximum Gasteiger partial charge on any atom is 0.230 e. The zero-order valence-electron chi connectivity index (χ0n) is 13.2. The van der Waals surface area contributed by atoms with E-state index in [-0.39, 0.29) is 0 Å². The molecular formula is C15H20N6O2. The molecule has 0 radical (unpaired) electrons. The molecule has 1 aliphatic heterocycles. The summed E-state index contributed by atoms with van der Waals surface area (Å²) in [5, 5.41) is 8.30. The fourth-order valence-electron chi connectivity index (χ4n) is 2.77. The molecule has 0 unspecified atom stereocenters. The quantitative estimate of drug-likeness (QED) is 0.810. The maximum atomic E-state index is 5.74. The predicted molar refractivity (Wildman–Crippen MR) is 82.3 cm³/mol. The molecule has 0 aromatic carbocycles. The van der Waals surface area contributed by atoms with Gasteiger partial charge in [-0.25, -0.2) is 9.97 Å². The Morgan fingerprint density at radius 1 is 1.17 bits per heavy atom. The highest BCUT2D eigenvalue weighted by Gasteiger charge is 2.29. The van der Waals surface area contributed by atoms with Crippen LogP contribution >= 0.6 is 0 Å². The van der Waals surface area contributed by atoms with Gasteiger partial charge in [-0.1, -0.05) is 0 Å². The van der Waals surface area contributed by atoms with Crippen LogP contribution in [0.4, 0.5) is 5.82 Å². The molecule has 2 aromatic heterocycles. The van der Waals surface area contributed by atoms with E-state index in [2.05, 4.69) is 30.0 Å². The van der Waals surface area contributed by atoms with Gasteiger partial charge in [-0.15, -0.1) is 10.2 Å². The molecule has 2 fully saturated rings. The van der Waals surface area contributed by atoms with E-state index in [1.54, 1.807) is 13.4 Å². The Hall–Kier alpha value is -2.22. The van der Waals surface area contributed by atoms with Crippen LogP contribution in [0.1, 0.15) is 30.5 Å². The molecule has 122 valence electrons. The standard InChI is InChI=1S/C15H20N6O2/c1-22-13-8-12(16-10-17-13)21-6-4-20(5-7-21)9-14-18-19-15(23-14)11-2-3-11/h8,10-11H,2-7,9H2,1H3. The minimum Gasteiger partial charge on any atom is -0.481 e. The topological polar surface area (TPSA) is 80.4 Å². The van der Waals surface area contributed by atoms with Crippen molar-refractivity contribution in [3.63, 3.8) is 0 Å². The van der Waals surface area contributed by atoms with Gasteiger partial charge < -0.3 is 14.1 Å². The fourth-order valence-corrected chi connectivity index (χ4v) is 2.77. The summed E-state index contributed by atoms with van der Waals surface area (Å²) in [7, 11) is 1.62. The van der Waals surface area contributed by atoms with Crippen molar-refractivity contribution in [2.75, 3.05) is 38.2 Å². The van der Waals surface area contributed by atoms with Gasteiger partial charge in [-0.3, -0.25) is 4.90 Å². The van der Waals surface area contributed by atoms with Crippen molar-refractivity contribution in [2.24, 2.45) is 0 Å². The SMILES string of the molecule is COc1cc(N2CCN(Cc3nnc(C4CC4)o3)CC2)ncn1. The Morgan fingerprint density at radius 3 is 2.74 bits per heavy atom. The van der Waals surface area contributed by atoms with Gasteiger partial charge in [0.2, 0.25) is 17.7 Å². The highest BCUT2D eigenvalue weighted by atomic mass is 16.5. The lowest BCUT2D eigenvalue weighted by Gasteiger charge is -2.34.